The highest BCUT2D eigenvalue weighted by Gasteiger charge is 2.15. The molecule has 3 aromatic carbocycles. The number of rotatable bonds is 7. The molecule has 0 aliphatic heterocycles. The van der Waals surface area contributed by atoms with Gasteiger partial charge in [0.25, 0.3) is 0 Å². The molecular formula is C26H20N2O3S. The SMILES string of the molecule is COc1cccc(-c2cn(OOSc3ccccc3)c3ncc(-c4ccccc4)cc23)c1. The van der Waals surface area contributed by atoms with Gasteiger partial charge in [0.05, 0.1) is 25.3 Å². The maximum atomic E-state index is 5.61. The predicted molar refractivity (Wildman–Crippen MR) is 127 cm³/mol. The zero-order valence-electron chi connectivity index (χ0n) is 17.3. The maximum Gasteiger partial charge on any atom is 0.179 e. The topological polar surface area (TPSA) is 45.5 Å². The van der Waals surface area contributed by atoms with Gasteiger partial charge in [-0.2, -0.15) is 0 Å². The van der Waals surface area contributed by atoms with Crippen molar-refractivity contribution in [3.8, 4) is 28.0 Å². The minimum absolute atomic E-state index is 0.663. The van der Waals surface area contributed by atoms with E-state index in [9.17, 15) is 0 Å². The van der Waals surface area contributed by atoms with Crippen LogP contribution < -0.4 is 9.73 Å². The molecule has 6 heteroatoms. The second kappa shape index (κ2) is 9.18. The molecule has 32 heavy (non-hydrogen) atoms. The van der Waals surface area contributed by atoms with Crippen LogP contribution in [0.5, 0.6) is 5.75 Å². The Labute approximate surface area is 190 Å². The molecule has 5 aromatic rings. The van der Waals surface area contributed by atoms with Crippen LogP contribution in [0, 0.1) is 0 Å². The van der Waals surface area contributed by atoms with Crippen LogP contribution in [0.2, 0.25) is 0 Å². The van der Waals surface area contributed by atoms with Crippen molar-refractivity contribution in [2.45, 2.75) is 4.90 Å². The average molecular weight is 441 g/mol. The molecule has 5 nitrogen and oxygen atoms in total. The number of fused-ring (bicyclic) bond motifs is 1. The van der Waals surface area contributed by atoms with Gasteiger partial charge in [-0.3, -0.25) is 0 Å². The van der Waals surface area contributed by atoms with Gasteiger partial charge in [0.15, 0.2) is 5.65 Å². The summed E-state index contributed by atoms with van der Waals surface area (Å²) in [4.78, 5) is 11.2. The summed E-state index contributed by atoms with van der Waals surface area (Å²) in [6.45, 7) is 0. The Balaban J connectivity index is 1.54. The molecule has 0 unspecified atom stereocenters. The number of hydrogen-bond donors (Lipinski definition) is 0. The van der Waals surface area contributed by atoms with E-state index in [0.717, 1.165) is 50.3 Å². The Morgan fingerprint density at radius 2 is 1.53 bits per heavy atom. The van der Waals surface area contributed by atoms with Crippen LogP contribution in [0.4, 0.5) is 0 Å². The molecule has 0 N–H and O–H groups in total. The molecule has 0 aliphatic rings. The van der Waals surface area contributed by atoms with Crippen molar-refractivity contribution in [3.63, 3.8) is 0 Å². The number of ether oxygens (including phenoxy) is 1. The zero-order chi connectivity index (χ0) is 21.8. The molecule has 0 saturated carbocycles. The summed E-state index contributed by atoms with van der Waals surface area (Å²) in [6, 6.07) is 30.0. The van der Waals surface area contributed by atoms with E-state index in [4.69, 9.17) is 14.1 Å². The maximum absolute atomic E-state index is 5.61. The van der Waals surface area contributed by atoms with Gasteiger partial charge in [-0.05, 0) is 41.5 Å². The molecule has 0 amide bonds. The van der Waals surface area contributed by atoms with E-state index in [2.05, 4.69) is 23.2 Å². The second-order valence-electron chi connectivity index (χ2n) is 7.10. The van der Waals surface area contributed by atoms with E-state index in [0.29, 0.717) is 5.65 Å². The summed E-state index contributed by atoms with van der Waals surface area (Å²) in [7, 11) is 1.66. The molecule has 2 aromatic heterocycles. The van der Waals surface area contributed by atoms with Gasteiger partial charge >= 0.3 is 0 Å². The Hall–Kier alpha value is -3.74. The second-order valence-corrected chi connectivity index (χ2v) is 7.87. The fourth-order valence-corrected chi connectivity index (χ4v) is 3.95. The van der Waals surface area contributed by atoms with E-state index in [1.54, 1.807) is 11.8 Å². The standard InChI is InChI=1S/C26H20N2O3S/c1-29-22-12-8-11-20(15-22)25-18-28(30-31-32-23-13-6-3-7-14-23)26-24(25)16-21(17-27-26)19-9-4-2-5-10-19/h2-18H,1H3. The van der Waals surface area contributed by atoms with Crippen molar-refractivity contribution in [1.82, 2.24) is 9.71 Å². The van der Waals surface area contributed by atoms with E-state index in [1.807, 2.05) is 85.2 Å². The van der Waals surface area contributed by atoms with Gasteiger partial charge in [0.2, 0.25) is 0 Å². The van der Waals surface area contributed by atoms with Gasteiger partial charge in [-0.25, -0.2) is 9.97 Å². The summed E-state index contributed by atoms with van der Waals surface area (Å²) < 4.78 is 12.4. The average Bonchev–Trinajstić information content (AvgIpc) is 3.23. The number of methoxy groups -OCH3 is 1. The third-order valence-corrected chi connectivity index (χ3v) is 5.68. The molecule has 0 radical (unpaired) electrons. The number of benzene rings is 3. The van der Waals surface area contributed by atoms with Crippen molar-refractivity contribution in [1.29, 1.82) is 0 Å². The summed E-state index contributed by atoms with van der Waals surface area (Å²) in [5.74, 6) is 0.785. The first-order valence-corrected chi connectivity index (χ1v) is 10.8. The lowest BCUT2D eigenvalue weighted by Crippen LogP contribution is -2.07. The lowest BCUT2D eigenvalue weighted by molar-refractivity contribution is -0.188. The van der Waals surface area contributed by atoms with Crippen LogP contribution in [-0.2, 0) is 4.33 Å². The number of hydrogen-bond acceptors (Lipinski definition) is 5. The molecule has 2 heterocycles. The zero-order valence-corrected chi connectivity index (χ0v) is 18.2. The highest BCUT2D eigenvalue weighted by molar-refractivity contribution is 7.94. The monoisotopic (exact) mass is 440 g/mol. The highest BCUT2D eigenvalue weighted by atomic mass is 32.2. The molecule has 0 atom stereocenters. The van der Waals surface area contributed by atoms with Crippen LogP contribution in [0.3, 0.4) is 0 Å². The summed E-state index contributed by atoms with van der Waals surface area (Å²) in [6.07, 6.45) is 3.73. The van der Waals surface area contributed by atoms with Gasteiger partial charge < -0.3 is 4.74 Å². The Kier molecular flexibility index (Phi) is 5.79. The first-order valence-electron chi connectivity index (χ1n) is 10.1. The smallest absolute Gasteiger partial charge is 0.179 e. The molecule has 0 fully saturated rings. The minimum Gasteiger partial charge on any atom is -0.497 e. The van der Waals surface area contributed by atoms with Crippen molar-refractivity contribution in [3.05, 3.63) is 103 Å². The number of aromatic nitrogens is 2. The molecule has 0 spiro atoms. The van der Waals surface area contributed by atoms with Gasteiger partial charge in [0, 0.05) is 27.6 Å². The molecule has 0 saturated heterocycles. The van der Waals surface area contributed by atoms with Crippen molar-refractivity contribution in [2.75, 3.05) is 7.11 Å². The van der Waals surface area contributed by atoms with Crippen molar-refractivity contribution in [2.24, 2.45) is 0 Å². The third kappa shape index (κ3) is 4.19. The molecule has 0 aliphatic carbocycles. The molecule has 158 valence electrons. The van der Waals surface area contributed by atoms with Crippen LogP contribution in [-0.4, -0.2) is 16.8 Å². The quantitative estimate of drug-likeness (QED) is 0.165. The summed E-state index contributed by atoms with van der Waals surface area (Å²) >= 11 is 1.14. The first-order chi connectivity index (χ1) is 15.8. The van der Waals surface area contributed by atoms with E-state index < -0.39 is 0 Å². The van der Waals surface area contributed by atoms with Crippen molar-refractivity contribution < 1.29 is 14.1 Å². The van der Waals surface area contributed by atoms with Crippen LogP contribution in [0.25, 0.3) is 33.3 Å². The molecular weight excluding hydrogens is 420 g/mol. The Morgan fingerprint density at radius 3 is 2.31 bits per heavy atom. The molecule has 5 rings (SSSR count). The Morgan fingerprint density at radius 1 is 0.781 bits per heavy atom. The van der Waals surface area contributed by atoms with Crippen molar-refractivity contribution >= 4 is 23.1 Å². The number of nitrogens with zero attached hydrogens (tertiary/aromatic N) is 2. The van der Waals surface area contributed by atoms with Gasteiger partial charge in [0.1, 0.15) is 5.75 Å². The largest absolute Gasteiger partial charge is 0.497 e. The lowest BCUT2D eigenvalue weighted by atomic mass is 10.0. The van der Waals surface area contributed by atoms with Crippen LogP contribution in [0.15, 0.2) is 108 Å². The Bertz CT molecular complexity index is 1340. The van der Waals surface area contributed by atoms with E-state index in [1.165, 1.54) is 0 Å². The minimum atomic E-state index is 0.663. The fraction of sp³-hybridized carbons (Fsp3) is 0.0385. The highest BCUT2D eigenvalue weighted by Crippen LogP contribution is 2.34. The summed E-state index contributed by atoms with van der Waals surface area (Å²) in [5, 5.41) is 0.952. The third-order valence-electron chi connectivity index (χ3n) is 5.08. The molecule has 0 bridgehead atoms. The fourth-order valence-electron chi connectivity index (χ4n) is 3.51. The van der Waals surface area contributed by atoms with Gasteiger partial charge in [-0.15, -0.1) is 4.73 Å². The normalized spacial score (nSPS) is 10.9. The summed E-state index contributed by atoms with van der Waals surface area (Å²) in [5.41, 5.74) is 4.76. The lowest BCUT2D eigenvalue weighted by Gasteiger charge is -2.05. The predicted octanol–water partition coefficient (Wildman–Crippen LogP) is 6.45. The van der Waals surface area contributed by atoms with E-state index in [-0.39, 0.29) is 0 Å². The van der Waals surface area contributed by atoms with Crippen LogP contribution in [0.1, 0.15) is 0 Å². The van der Waals surface area contributed by atoms with E-state index >= 15 is 0 Å². The van der Waals surface area contributed by atoms with Gasteiger partial charge in [-0.1, -0.05) is 65.0 Å². The first kappa shape index (κ1) is 20.2. The number of pyridine rings is 1. The van der Waals surface area contributed by atoms with Crippen LogP contribution >= 0.6 is 12.0 Å².